The number of benzene rings is 1. The van der Waals surface area contributed by atoms with E-state index < -0.39 is 0 Å². The van der Waals surface area contributed by atoms with E-state index >= 15 is 0 Å². The summed E-state index contributed by atoms with van der Waals surface area (Å²) in [5.41, 5.74) is 0. The van der Waals surface area contributed by atoms with Gasteiger partial charge in [-0.25, -0.2) is 0 Å². The molecule has 0 aliphatic rings. The molecule has 3 nitrogen and oxygen atoms in total. The second-order valence-electron chi connectivity index (χ2n) is 6.28. The predicted molar refractivity (Wildman–Crippen MR) is 102 cm³/mol. The Hall–Kier alpha value is -1.38. The molecule has 0 aliphatic carbocycles. The van der Waals surface area contributed by atoms with Crippen molar-refractivity contribution in [2.24, 2.45) is 0 Å². The van der Waals surface area contributed by atoms with Crippen LogP contribution in [-0.4, -0.2) is 19.8 Å². The highest BCUT2D eigenvalue weighted by Crippen LogP contribution is 2.32. The number of hydrogen-bond donors (Lipinski definition) is 0. The average Bonchev–Trinajstić information content (AvgIpc) is 2.60. The zero-order chi connectivity index (χ0) is 17.5. The van der Waals surface area contributed by atoms with Gasteiger partial charge in [-0.2, -0.15) is 0 Å². The molecule has 138 valence electrons. The van der Waals surface area contributed by atoms with Crippen LogP contribution in [0.1, 0.15) is 78.6 Å². The van der Waals surface area contributed by atoms with Crippen LogP contribution in [0.4, 0.5) is 0 Å². The minimum Gasteiger partial charge on any atom is -0.493 e. The summed E-state index contributed by atoms with van der Waals surface area (Å²) in [6.45, 7) is 8.85. The van der Waals surface area contributed by atoms with E-state index in [4.69, 9.17) is 14.2 Å². The SMILES string of the molecule is CCCCCOc1ccc(OCCCCC)c(OCCCCC)c1. The van der Waals surface area contributed by atoms with Crippen molar-refractivity contribution in [1.82, 2.24) is 0 Å². The molecule has 0 atom stereocenters. The van der Waals surface area contributed by atoms with Gasteiger partial charge in [0.2, 0.25) is 0 Å². The van der Waals surface area contributed by atoms with Gasteiger partial charge in [0.05, 0.1) is 19.8 Å². The first-order chi connectivity index (χ1) is 11.8. The van der Waals surface area contributed by atoms with Gasteiger partial charge in [0.1, 0.15) is 5.75 Å². The van der Waals surface area contributed by atoms with Crippen LogP contribution in [0.5, 0.6) is 17.2 Å². The summed E-state index contributed by atoms with van der Waals surface area (Å²) in [5, 5.41) is 0. The molecule has 0 aliphatic heterocycles. The second-order valence-corrected chi connectivity index (χ2v) is 6.28. The van der Waals surface area contributed by atoms with Gasteiger partial charge in [-0.05, 0) is 31.4 Å². The van der Waals surface area contributed by atoms with E-state index in [9.17, 15) is 0 Å². The Morgan fingerprint density at radius 2 is 1.08 bits per heavy atom. The Labute approximate surface area is 148 Å². The van der Waals surface area contributed by atoms with Crippen molar-refractivity contribution in [2.75, 3.05) is 19.8 Å². The molecule has 0 amide bonds. The van der Waals surface area contributed by atoms with Gasteiger partial charge in [0.25, 0.3) is 0 Å². The fourth-order valence-electron chi connectivity index (χ4n) is 2.42. The minimum absolute atomic E-state index is 0.735. The number of rotatable bonds is 15. The molecule has 3 heteroatoms. The fourth-order valence-corrected chi connectivity index (χ4v) is 2.42. The fraction of sp³-hybridized carbons (Fsp3) is 0.714. The van der Waals surface area contributed by atoms with Gasteiger partial charge in [-0.3, -0.25) is 0 Å². The van der Waals surface area contributed by atoms with Gasteiger partial charge in [0, 0.05) is 6.07 Å². The third kappa shape index (κ3) is 9.05. The molecule has 0 saturated heterocycles. The van der Waals surface area contributed by atoms with Crippen LogP contribution in [0.15, 0.2) is 18.2 Å². The van der Waals surface area contributed by atoms with E-state index in [0.717, 1.165) is 56.3 Å². The van der Waals surface area contributed by atoms with E-state index in [1.54, 1.807) is 0 Å². The quantitative estimate of drug-likeness (QED) is 0.347. The maximum absolute atomic E-state index is 5.96. The van der Waals surface area contributed by atoms with E-state index in [-0.39, 0.29) is 0 Å². The van der Waals surface area contributed by atoms with Crippen LogP contribution in [0, 0.1) is 0 Å². The van der Waals surface area contributed by atoms with Crippen LogP contribution >= 0.6 is 0 Å². The molecular weight excluding hydrogens is 300 g/mol. The zero-order valence-corrected chi connectivity index (χ0v) is 15.9. The lowest BCUT2D eigenvalue weighted by Crippen LogP contribution is -2.04. The van der Waals surface area contributed by atoms with Crippen molar-refractivity contribution >= 4 is 0 Å². The molecular formula is C21H36O3. The van der Waals surface area contributed by atoms with Crippen molar-refractivity contribution in [3.05, 3.63) is 18.2 Å². The summed E-state index contributed by atoms with van der Waals surface area (Å²) in [6, 6.07) is 5.95. The molecule has 0 radical (unpaired) electrons. The molecule has 1 aromatic carbocycles. The maximum atomic E-state index is 5.96. The van der Waals surface area contributed by atoms with Crippen molar-refractivity contribution < 1.29 is 14.2 Å². The molecule has 24 heavy (non-hydrogen) atoms. The highest BCUT2D eigenvalue weighted by Gasteiger charge is 2.08. The molecule has 0 aromatic heterocycles. The van der Waals surface area contributed by atoms with Gasteiger partial charge < -0.3 is 14.2 Å². The Kier molecular flexibility index (Phi) is 12.1. The molecule has 0 spiro atoms. The molecule has 0 unspecified atom stereocenters. The van der Waals surface area contributed by atoms with Crippen molar-refractivity contribution in [1.29, 1.82) is 0 Å². The molecule has 0 heterocycles. The third-order valence-corrected chi connectivity index (χ3v) is 3.94. The standard InChI is InChI=1S/C21H36O3/c1-4-7-10-15-22-19-13-14-20(23-16-11-8-5-2)21(18-19)24-17-12-9-6-3/h13-14,18H,4-12,15-17H2,1-3H3. The van der Waals surface area contributed by atoms with Crippen LogP contribution < -0.4 is 14.2 Å². The monoisotopic (exact) mass is 336 g/mol. The predicted octanol–water partition coefficient (Wildman–Crippen LogP) is 6.39. The Morgan fingerprint density at radius 3 is 1.62 bits per heavy atom. The number of ether oxygens (including phenoxy) is 3. The van der Waals surface area contributed by atoms with E-state index in [2.05, 4.69) is 20.8 Å². The van der Waals surface area contributed by atoms with E-state index in [1.807, 2.05) is 18.2 Å². The summed E-state index contributed by atoms with van der Waals surface area (Å²) in [5.74, 6) is 2.52. The summed E-state index contributed by atoms with van der Waals surface area (Å²) in [4.78, 5) is 0. The normalized spacial score (nSPS) is 10.6. The van der Waals surface area contributed by atoms with Crippen LogP contribution in [0.25, 0.3) is 0 Å². The molecule has 0 N–H and O–H groups in total. The van der Waals surface area contributed by atoms with E-state index in [1.165, 1.54) is 38.5 Å². The molecule has 0 fully saturated rings. The smallest absolute Gasteiger partial charge is 0.164 e. The molecule has 0 bridgehead atoms. The lowest BCUT2D eigenvalue weighted by Gasteiger charge is -2.15. The molecule has 0 saturated carbocycles. The Balaban J connectivity index is 2.58. The third-order valence-electron chi connectivity index (χ3n) is 3.94. The summed E-state index contributed by atoms with van der Waals surface area (Å²) >= 11 is 0. The van der Waals surface area contributed by atoms with Gasteiger partial charge in [0.15, 0.2) is 11.5 Å². The summed E-state index contributed by atoms with van der Waals surface area (Å²) < 4.78 is 17.7. The first-order valence-corrected chi connectivity index (χ1v) is 9.84. The van der Waals surface area contributed by atoms with E-state index in [0.29, 0.717) is 0 Å². The van der Waals surface area contributed by atoms with Gasteiger partial charge >= 0.3 is 0 Å². The second kappa shape index (κ2) is 14.0. The maximum Gasteiger partial charge on any atom is 0.164 e. The van der Waals surface area contributed by atoms with Gasteiger partial charge in [-0.1, -0.05) is 59.3 Å². The highest BCUT2D eigenvalue weighted by atomic mass is 16.5. The van der Waals surface area contributed by atoms with Crippen molar-refractivity contribution in [3.8, 4) is 17.2 Å². The Morgan fingerprint density at radius 1 is 0.583 bits per heavy atom. The topological polar surface area (TPSA) is 27.7 Å². The highest BCUT2D eigenvalue weighted by molar-refractivity contribution is 5.45. The lowest BCUT2D eigenvalue weighted by atomic mass is 10.2. The minimum atomic E-state index is 0.735. The van der Waals surface area contributed by atoms with Crippen molar-refractivity contribution in [2.45, 2.75) is 78.6 Å². The summed E-state index contributed by atoms with van der Waals surface area (Å²) in [7, 11) is 0. The van der Waals surface area contributed by atoms with Crippen LogP contribution in [-0.2, 0) is 0 Å². The Bertz CT molecular complexity index is 418. The van der Waals surface area contributed by atoms with Crippen molar-refractivity contribution in [3.63, 3.8) is 0 Å². The largest absolute Gasteiger partial charge is 0.493 e. The first-order valence-electron chi connectivity index (χ1n) is 9.84. The summed E-state index contributed by atoms with van der Waals surface area (Å²) in [6.07, 6.45) is 10.5. The zero-order valence-electron chi connectivity index (χ0n) is 15.9. The average molecular weight is 337 g/mol. The van der Waals surface area contributed by atoms with Crippen LogP contribution in [0.3, 0.4) is 0 Å². The molecule has 1 aromatic rings. The number of unbranched alkanes of at least 4 members (excludes halogenated alkanes) is 6. The van der Waals surface area contributed by atoms with Crippen LogP contribution in [0.2, 0.25) is 0 Å². The molecule has 1 rings (SSSR count). The lowest BCUT2D eigenvalue weighted by molar-refractivity contribution is 0.255. The van der Waals surface area contributed by atoms with Gasteiger partial charge in [-0.15, -0.1) is 0 Å². The first kappa shape index (κ1) is 20.7. The number of hydrogen-bond acceptors (Lipinski definition) is 3.